The number of esters is 1. The minimum Gasteiger partial charge on any atom is -0.507 e. The van der Waals surface area contributed by atoms with E-state index in [-0.39, 0.29) is 45.2 Å². The van der Waals surface area contributed by atoms with E-state index in [0.717, 1.165) is 0 Å². The fourth-order valence-corrected chi connectivity index (χ4v) is 4.90. The Kier molecular flexibility index (Phi) is 8.56. The second-order valence-electron chi connectivity index (χ2n) is 8.44. The average Bonchev–Trinajstić information content (AvgIpc) is 3.31. The van der Waals surface area contributed by atoms with Gasteiger partial charge in [-0.2, -0.15) is 5.26 Å². The molecule has 2 aromatic carbocycles. The summed E-state index contributed by atoms with van der Waals surface area (Å²) in [6.07, 6.45) is -0.516. The maximum Gasteiger partial charge on any atom is 0.302 e. The molecule has 1 fully saturated rings. The summed E-state index contributed by atoms with van der Waals surface area (Å²) in [5.74, 6) is -2.04. The molecule has 1 saturated heterocycles. The number of ether oxygens (including phenoxy) is 3. The predicted octanol–water partition coefficient (Wildman–Crippen LogP) is 3.79. The topological polar surface area (TPSA) is 135 Å². The Hall–Kier alpha value is -3.61. The summed E-state index contributed by atoms with van der Waals surface area (Å²) in [7, 11) is 2.77. The lowest BCUT2D eigenvalue weighted by Gasteiger charge is -2.28. The van der Waals surface area contributed by atoms with Gasteiger partial charge in [0.2, 0.25) is 0 Å². The minimum atomic E-state index is -0.672. The van der Waals surface area contributed by atoms with E-state index in [1.807, 2.05) is 6.07 Å². The Morgan fingerprint density at radius 3 is 2.47 bits per heavy atom. The molecule has 0 spiro atoms. The van der Waals surface area contributed by atoms with E-state index in [4.69, 9.17) is 31.1 Å². The van der Waals surface area contributed by atoms with Gasteiger partial charge in [-0.1, -0.05) is 11.6 Å². The molecule has 36 heavy (non-hydrogen) atoms. The van der Waals surface area contributed by atoms with Crippen molar-refractivity contribution < 1.29 is 33.7 Å². The number of hydrogen-bond donors (Lipinski definition) is 2. The number of nitriles is 1. The zero-order valence-electron chi connectivity index (χ0n) is 20.4. The van der Waals surface area contributed by atoms with Gasteiger partial charge < -0.3 is 24.6 Å². The summed E-state index contributed by atoms with van der Waals surface area (Å²) in [6, 6.07) is 7.25. The van der Waals surface area contributed by atoms with Crippen LogP contribution in [0.2, 0.25) is 5.02 Å². The van der Waals surface area contributed by atoms with Crippen LogP contribution in [0.15, 0.2) is 24.3 Å². The van der Waals surface area contributed by atoms with Crippen LogP contribution in [-0.4, -0.2) is 55.6 Å². The van der Waals surface area contributed by atoms with E-state index >= 15 is 0 Å². The molecule has 9 nitrogen and oxygen atoms in total. The van der Waals surface area contributed by atoms with Crippen molar-refractivity contribution >= 4 is 29.1 Å². The van der Waals surface area contributed by atoms with E-state index in [0.29, 0.717) is 24.3 Å². The second-order valence-corrected chi connectivity index (χ2v) is 8.84. The van der Waals surface area contributed by atoms with Crippen molar-refractivity contribution in [2.45, 2.75) is 44.8 Å². The van der Waals surface area contributed by atoms with Gasteiger partial charge in [0.05, 0.1) is 43.3 Å². The van der Waals surface area contributed by atoms with Gasteiger partial charge in [-0.3, -0.25) is 14.4 Å². The number of carbonyl (C=O) groups is 3. The molecule has 2 N–H and O–H groups in total. The number of benzene rings is 2. The highest BCUT2D eigenvalue weighted by Gasteiger charge is 2.39. The van der Waals surface area contributed by atoms with Crippen LogP contribution < -0.4 is 14.8 Å². The van der Waals surface area contributed by atoms with Crippen molar-refractivity contribution in [2.24, 2.45) is 0 Å². The van der Waals surface area contributed by atoms with Crippen molar-refractivity contribution in [3.05, 3.63) is 51.5 Å². The number of hydrogen-bond acceptors (Lipinski definition) is 9. The lowest BCUT2D eigenvalue weighted by atomic mass is 9.85. The molecule has 2 aromatic rings. The zero-order chi connectivity index (χ0) is 26.6. The number of ketones is 2. The number of carbonyl (C=O) groups excluding carboxylic acids is 3. The SMILES string of the molecule is COc1cc(OC)c(C2CCNC2C(C)OC(C)=O)c(O)c1C(=O)CC(=O)c1ccc(C#N)cc1Cl. The monoisotopic (exact) mass is 514 g/mol. The summed E-state index contributed by atoms with van der Waals surface area (Å²) < 4.78 is 16.2. The summed E-state index contributed by atoms with van der Waals surface area (Å²) in [6.45, 7) is 3.66. The van der Waals surface area contributed by atoms with Crippen LogP contribution in [0, 0.1) is 11.3 Å². The van der Waals surface area contributed by atoms with Crippen LogP contribution >= 0.6 is 11.6 Å². The second kappa shape index (κ2) is 11.4. The Labute approximate surface area is 213 Å². The number of nitrogens with one attached hydrogen (secondary N) is 1. The van der Waals surface area contributed by atoms with Crippen LogP contribution in [0.5, 0.6) is 17.2 Å². The number of phenolic OH excluding ortho intramolecular Hbond substituents is 1. The zero-order valence-corrected chi connectivity index (χ0v) is 21.1. The van der Waals surface area contributed by atoms with Gasteiger partial charge >= 0.3 is 5.97 Å². The van der Waals surface area contributed by atoms with Crippen molar-refractivity contribution in [1.82, 2.24) is 5.32 Å². The van der Waals surface area contributed by atoms with E-state index in [1.54, 1.807) is 6.92 Å². The quantitative estimate of drug-likeness (QED) is 0.291. The highest BCUT2D eigenvalue weighted by Crippen LogP contribution is 2.47. The first-order valence-corrected chi connectivity index (χ1v) is 11.6. The number of aromatic hydroxyl groups is 1. The molecule has 3 atom stereocenters. The Balaban J connectivity index is 2.01. The van der Waals surface area contributed by atoms with Crippen LogP contribution in [0.4, 0.5) is 0 Å². The highest BCUT2D eigenvalue weighted by atomic mass is 35.5. The Morgan fingerprint density at radius 2 is 1.89 bits per heavy atom. The Bertz CT molecular complexity index is 1240. The molecule has 0 bridgehead atoms. The predicted molar refractivity (Wildman–Crippen MR) is 131 cm³/mol. The number of methoxy groups -OCH3 is 2. The third-order valence-corrected chi connectivity index (χ3v) is 6.51. The molecule has 0 aliphatic carbocycles. The molecule has 0 amide bonds. The number of halogens is 1. The molecule has 10 heteroatoms. The lowest BCUT2D eigenvalue weighted by Crippen LogP contribution is -2.39. The van der Waals surface area contributed by atoms with Gasteiger partial charge in [0, 0.05) is 30.0 Å². The number of nitrogens with zero attached hydrogens (tertiary/aromatic N) is 1. The van der Waals surface area contributed by atoms with E-state index in [2.05, 4.69) is 5.32 Å². The fourth-order valence-electron chi connectivity index (χ4n) is 4.61. The number of phenols is 1. The summed E-state index contributed by atoms with van der Waals surface area (Å²) in [4.78, 5) is 37.7. The van der Waals surface area contributed by atoms with Gasteiger partial charge in [0.25, 0.3) is 0 Å². The number of Topliss-reactive ketones (excluding diaryl/α,β-unsaturated/α-hetero) is 2. The van der Waals surface area contributed by atoms with Gasteiger partial charge in [0.1, 0.15) is 28.9 Å². The smallest absolute Gasteiger partial charge is 0.302 e. The van der Waals surface area contributed by atoms with Gasteiger partial charge in [-0.15, -0.1) is 0 Å². The molecule has 3 rings (SSSR count). The van der Waals surface area contributed by atoms with Crippen molar-refractivity contribution in [3.8, 4) is 23.3 Å². The first kappa shape index (κ1) is 27.0. The van der Waals surface area contributed by atoms with E-state index in [9.17, 15) is 19.5 Å². The first-order chi connectivity index (χ1) is 17.1. The molecule has 0 saturated carbocycles. The van der Waals surface area contributed by atoms with Crippen LogP contribution in [0.25, 0.3) is 0 Å². The largest absolute Gasteiger partial charge is 0.507 e. The normalized spacial score (nSPS) is 17.7. The van der Waals surface area contributed by atoms with Gasteiger partial charge in [0.15, 0.2) is 11.6 Å². The molecule has 1 heterocycles. The summed E-state index contributed by atoms with van der Waals surface area (Å²) in [5.41, 5.74) is 0.577. The van der Waals surface area contributed by atoms with Crippen LogP contribution in [0.3, 0.4) is 0 Å². The lowest BCUT2D eigenvalue weighted by molar-refractivity contribution is -0.146. The van der Waals surface area contributed by atoms with Crippen molar-refractivity contribution in [2.75, 3.05) is 20.8 Å². The van der Waals surface area contributed by atoms with Crippen molar-refractivity contribution in [1.29, 1.82) is 5.26 Å². The maximum absolute atomic E-state index is 13.3. The summed E-state index contributed by atoms with van der Waals surface area (Å²) in [5, 5.41) is 23.7. The molecule has 190 valence electrons. The van der Waals surface area contributed by atoms with Crippen LogP contribution in [0.1, 0.15) is 64.4 Å². The maximum atomic E-state index is 13.3. The van der Waals surface area contributed by atoms with Gasteiger partial charge in [-0.25, -0.2) is 0 Å². The fraction of sp³-hybridized carbons (Fsp3) is 0.385. The highest BCUT2D eigenvalue weighted by molar-refractivity contribution is 6.34. The molecular formula is C26H27ClN2O7. The third-order valence-electron chi connectivity index (χ3n) is 6.20. The molecule has 0 radical (unpaired) electrons. The van der Waals surface area contributed by atoms with Crippen LogP contribution in [-0.2, 0) is 9.53 Å². The van der Waals surface area contributed by atoms with Crippen molar-refractivity contribution in [3.63, 3.8) is 0 Å². The molecule has 1 aliphatic rings. The molecular weight excluding hydrogens is 488 g/mol. The third kappa shape index (κ3) is 5.45. The number of rotatable bonds is 9. The average molecular weight is 515 g/mol. The first-order valence-electron chi connectivity index (χ1n) is 11.3. The molecule has 3 unspecified atom stereocenters. The standard InChI is InChI=1S/C26H27ClN2O7/c1-13(36-14(2)30)25-17(7-8-29-25)23-21(34-3)11-22(35-4)24(26(23)33)20(32)10-19(31)16-6-5-15(12-28)9-18(16)27/h5-6,9,11,13,17,25,29,33H,7-8,10H2,1-4H3. The summed E-state index contributed by atoms with van der Waals surface area (Å²) >= 11 is 6.14. The molecule has 0 aromatic heterocycles. The Morgan fingerprint density at radius 1 is 1.19 bits per heavy atom. The molecule has 1 aliphatic heterocycles. The van der Waals surface area contributed by atoms with E-state index < -0.39 is 30.1 Å². The minimum absolute atomic E-state index is 0.0485. The van der Waals surface area contributed by atoms with E-state index in [1.165, 1.54) is 45.4 Å². The van der Waals surface area contributed by atoms with Gasteiger partial charge in [-0.05, 0) is 38.1 Å².